The largest absolute Gasteiger partial charge is 0.416 e. The molecule has 4 rings (SSSR count). The lowest BCUT2D eigenvalue weighted by Crippen LogP contribution is -2.41. The average Bonchev–Trinajstić information content (AvgIpc) is 3.08. The van der Waals surface area contributed by atoms with Crippen LogP contribution >= 0.6 is 23.4 Å². The number of nitrogens with one attached hydrogen (secondary N) is 2. The van der Waals surface area contributed by atoms with Crippen molar-refractivity contribution in [2.45, 2.75) is 36.5 Å². The van der Waals surface area contributed by atoms with Crippen molar-refractivity contribution in [1.82, 2.24) is 14.9 Å². The normalized spacial score (nSPS) is 18.3. The van der Waals surface area contributed by atoms with Crippen molar-refractivity contribution in [2.24, 2.45) is 0 Å². The molecule has 1 aromatic heterocycles. The van der Waals surface area contributed by atoms with Gasteiger partial charge in [-0.2, -0.15) is 13.2 Å². The van der Waals surface area contributed by atoms with E-state index in [4.69, 9.17) is 11.6 Å². The zero-order chi connectivity index (χ0) is 22.3. The Hall–Kier alpha value is -2.72. The lowest BCUT2D eigenvalue weighted by atomic mass is 10.0. The van der Waals surface area contributed by atoms with Gasteiger partial charge in [0.2, 0.25) is 11.1 Å². The quantitative estimate of drug-likeness (QED) is 0.569. The molecule has 2 atom stereocenters. The fourth-order valence-electron chi connectivity index (χ4n) is 3.19. The second-order valence-electron chi connectivity index (χ2n) is 7.10. The number of rotatable bonds is 3. The molecule has 0 radical (unpaired) electrons. The highest BCUT2D eigenvalue weighted by Crippen LogP contribution is 2.39. The fraction of sp³-hybridized carbons (Fsp3) is 0.250. The first kappa shape index (κ1) is 21.5. The Morgan fingerprint density at radius 3 is 2.55 bits per heavy atom. The molecule has 0 spiro atoms. The van der Waals surface area contributed by atoms with Gasteiger partial charge >= 0.3 is 6.18 Å². The van der Waals surface area contributed by atoms with Crippen LogP contribution in [0.4, 0.5) is 18.9 Å². The number of fused-ring (bicyclic) bond motifs is 1. The highest BCUT2D eigenvalue weighted by atomic mass is 35.5. The number of benzene rings is 2. The molecule has 0 bridgehead atoms. The zero-order valence-corrected chi connectivity index (χ0v) is 17.9. The SMILES string of the molecule is Cc1ccc([C@H]2Nn3c(C)nnc3S[C@H]2C(=O)Nc2cc(C(F)(F)F)ccc2Cl)cc1. The summed E-state index contributed by atoms with van der Waals surface area (Å²) in [6, 6.07) is 9.99. The molecule has 2 heterocycles. The van der Waals surface area contributed by atoms with Crippen molar-refractivity contribution in [2.75, 3.05) is 10.7 Å². The number of thioether (sulfide) groups is 1. The number of aromatic nitrogens is 3. The Labute approximate surface area is 185 Å². The highest BCUT2D eigenvalue weighted by molar-refractivity contribution is 8.00. The smallest absolute Gasteiger partial charge is 0.324 e. The van der Waals surface area contributed by atoms with E-state index in [1.807, 2.05) is 31.2 Å². The molecule has 1 aliphatic heterocycles. The Bertz CT molecular complexity index is 1130. The Morgan fingerprint density at radius 1 is 1.16 bits per heavy atom. The van der Waals surface area contributed by atoms with Crippen LogP contribution in [-0.4, -0.2) is 26.0 Å². The van der Waals surface area contributed by atoms with E-state index in [2.05, 4.69) is 20.9 Å². The van der Waals surface area contributed by atoms with Crippen molar-refractivity contribution in [1.29, 1.82) is 0 Å². The van der Waals surface area contributed by atoms with Crippen LogP contribution in [0.2, 0.25) is 5.02 Å². The van der Waals surface area contributed by atoms with Crippen LogP contribution in [-0.2, 0) is 11.0 Å². The Morgan fingerprint density at radius 2 is 1.87 bits per heavy atom. The molecule has 31 heavy (non-hydrogen) atoms. The number of amides is 1. The maximum Gasteiger partial charge on any atom is 0.416 e. The minimum Gasteiger partial charge on any atom is -0.324 e. The van der Waals surface area contributed by atoms with Crippen molar-refractivity contribution in [3.63, 3.8) is 0 Å². The van der Waals surface area contributed by atoms with Gasteiger partial charge in [-0.3, -0.25) is 4.79 Å². The molecular weight excluding hydrogens is 451 g/mol. The van der Waals surface area contributed by atoms with Crippen LogP contribution in [0, 0.1) is 13.8 Å². The standard InChI is InChI=1S/C20H17ClF3N5OS/c1-10-3-5-12(6-4-10)16-17(31-19-27-26-11(2)29(19)28-16)18(30)25-15-9-13(20(22,23)24)7-8-14(15)21/h3-9,16-17,28H,1-2H3,(H,25,30)/t16-,17-/m1/s1. The molecule has 0 unspecified atom stereocenters. The molecular formula is C20H17ClF3N5OS. The Balaban J connectivity index is 1.67. The van der Waals surface area contributed by atoms with Crippen molar-refractivity contribution in [3.8, 4) is 0 Å². The summed E-state index contributed by atoms with van der Waals surface area (Å²) in [7, 11) is 0. The lowest BCUT2D eigenvalue weighted by molar-refractivity contribution is -0.137. The monoisotopic (exact) mass is 467 g/mol. The fourth-order valence-corrected chi connectivity index (χ4v) is 4.48. The first-order chi connectivity index (χ1) is 14.6. The van der Waals surface area contributed by atoms with Gasteiger partial charge < -0.3 is 10.7 Å². The van der Waals surface area contributed by atoms with E-state index in [0.717, 1.165) is 29.3 Å². The van der Waals surface area contributed by atoms with E-state index in [1.165, 1.54) is 11.8 Å². The third-order valence-electron chi connectivity index (χ3n) is 4.84. The molecule has 0 aliphatic carbocycles. The molecule has 1 aliphatic rings. The van der Waals surface area contributed by atoms with Gasteiger partial charge in [0.05, 0.1) is 22.3 Å². The number of carbonyl (C=O) groups is 1. The number of hydrogen-bond donors (Lipinski definition) is 2. The third-order valence-corrected chi connectivity index (χ3v) is 6.39. The predicted octanol–water partition coefficient (Wildman–Crippen LogP) is 4.96. The Kier molecular flexibility index (Phi) is 5.61. The van der Waals surface area contributed by atoms with Crippen molar-refractivity contribution < 1.29 is 18.0 Å². The summed E-state index contributed by atoms with van der Waals surface area (Å²) in [4.78, 5) is 13.2. The van der Waals surface area contributed by atoms with Gasteiger partial charge in [0.25, 0.3) is 0 Å². The van der Waals surface area contributed by atoms with Gasteiger partial charge in [-0.25, -0.2) is 4.68 Å². The van der Waals surface area contributed by atoms with Crippen LogP contribution in [0.15, 0.2) is 47.6 Å². The molecule has 11 heteroatoms. The summed E-state index contributed by atoms with van der Waals surface area (Å²) >= 11 is 7.23. The number of halogens is 4. The topological polar surface area (TPSA) is 71.8 Å². The van der Waals surface area contributed by atoms with Crippen molar-refractivity contribution in [3.05, 3.63) is 70.0 Å². The highest BCUT2D eigenvalue weighted by Gasteiger charge is 2.38. The maximum absolute atomic E-state index is 13.2. The number of aryl methyl sites for hydroxylation is 2. The van der Waals surface area contributed by atoms with Crippen LogP contribution in [0.1, 0.15) is 28.6 Å². The number of nitrogens with zero attached hydrogens (tertiary/aromatic N) is 3. The van der Waals surface area contributed by atoms with E-state index in [0.29, 0.717) is 11.0 Å². The van der Waals surface area contributed by atoms with E-state index in [9.17, 15) is 18.0 Å². The molecule has 0 fully saturated rings. The number of alkyl halides is 3. The van der Waals surface area contributed by atoms with Crippen LogP contribution < -0.4 is 10.7 Å². The van der Waals surface area contributed by atoms with Gasteiger partial charge in [0.1, 0.15) is 11.1 Å². The van der Waals surface area contributed by atoms with Gasteiger partial charge in [-0.1, -0.05) is 53.2 Å². The van der Waals surface area contributed by atoms with Gasteiger partial charge in [-0.05, 0) is 37.6 Å². The molecule has 2 aromatic carbocycles. The van der Waals surface area contributed by atoms with Crippen LogP contribution in [0.25, 0.3) is 0 Å². The van der Waals surface area contributed by atoms with E-state index >= 15 is 0 Å². The first-order valence-corrected chi connectivity index (χ1v) is 10.5. The molecule has 2 N–H and O–H groups in total. The average molecular weight is 468 g/mol. The summed E-state index contributed by atoms with van der Waals surface area (Å²) in [6.45, 7) is 3.73. The summed E-state index contributed by atoms with van der Waals surface area (Å²) in [6.07, 6.45) is -4.55. The van der Waals surface area contributed by atoms with E-state index in [-0.39, 0.29) is 10.7 Å². The molecule has 0 saturated heterocycles. The van der Waals surface area contributed by atoms with Gasteiger partial charge in [-0.15, -0.1) is 10.2 Å². The van der Waals surface area contributed by atoms with Crippen LogP contribution in [0.5, 0.6) is 0 Å². The molecule has 1 amide bonds. The first-order valence-electron chi connectivity index (χ1n) is 9.23. The third kappa shape index (κ3) is 4.35. The molecule has 162 valence electrons. The summed E-state index contributed by atoms with van der Waals surface area (Å²) in [5.74, 6) is 0.121. The lowest BCUT2D eigenvalue weighted by Gasteiger charge is -2.33. The number of carbonyl (C=O) groups excluding carboxylic acids is 1. The second kappa shape index (κ2) is 8.08. The molecule has 6 nitrogen and oxygen atoms in total. The van der Waals surface area contributed by atoms with Crippen LogP contribution in [0.3, 0.4) is 0 Å². The van der Waals surface area contributed by atoms with Gasteiger partial charge in [0.15, 0.2) is 0 Å². The number of hydrogen-bond acceptors (Lipinski definition) is 5. The maximum atomic E-state index is 13.2. The molecule has 3 aromatic rings. The number of anilines is 1. The van der Waals surface area contributed by atoms with E-state index < -0.39 is 28.9 Å². The molecule has 0 saturated carbocycles. The van der Waals surface area contributed by atoms with Gasteiger partial charge in [0, 0.05) is 0 Å². The zero-order valence-electron chi connectivity index (χ0n) is 16.4. The van der Waals surface area contributed by atoms with E-state index in [1.54, 1.807) is 11.6 Å². The predicted molar refractivity (Wildman–Crippen MR) is 113 cm³/mol. The summed E-state index contributed by atoms with van der Waals surface area (Å²) in [5, 5.41) is 10.4. The minimum absolute atomic E-state index is 0.0148. The summed E-state index contributed by atoms with van der Waals surface area (Å²) in [5.41, 5.74) is 4.15. The van der Waals surface area contributed by atoms with Crippen molar-refractivity contribution >= 4 is 35.0 Å². The second-order valence-corrected chi connectivity index (χ2v) is 8.62. The minimum atomic E-state index is -4.55. The summed E-state index contributed by atoms with van der Waals surface area (Å²) < 4.78 is 41.0.